The summed E-state index contributed by atoms with van der Waals surface area (Å²) in [6, 6.07) is 0. The van der Waals surface area contributed by atoms with Crippen molar-refractivity contribution in [3.63, 3.8) is 0 Å². The maximum atomic E-state index is 15.4. The van der Waals surface area contributed by atoms with E-state index in [9.17, 15) is 22.4 Å². The summed E-state index contributed by atoms with van der Waals surface area (Å²) < 4.78 is 72.2. The van der Waals surface area contributed by atoms with Gasteiger partial charge in [-0.25, -0.2) is 13.8 Å². The Morgan fingerprint density at radius 1 is 1.38 bits per heavy atom. The molecule has 3 aromatic heterocycles. The molecule has 1 saturated carbocycles. The molecule has 0 radical (unpaired) electrons. The highest BCUT2D eigenvalue weighted by Gasteiger charge is 2.44. The van der Waals surface area contributed by atoms with E-state index in [2.05, 4.69) is 25.5 Å². The Bertz CT molecular complexity index is 1480. The molecule has 0 bridgehead atoms. The maximum absolute atomic E-state index is 15.4. The van der Waals surface area contributed by atoms with Crippen LogP contribution in [0.25, 0.3) is 27.8 Å². The van der Waals surface area contributed by atoms with E-state index in [0.717, 1.165) is 0 Å². The number of carboxylic acid groups (broad SMARTS) is 1. The number of carbonyl (C=O) groups is 2. The van der Waals surface area contributed by atoms with Crippen LogP contribution in [0.1, 0.15) is 30.4 Å². The summed E-state index contributed by atoms with van der Waals surface area (Å²) in [7, 11) is 0. The molecule has 1 unspecified atom stereocenters. The zero-order valence-electron chi connectivity index (χ0n) is 19.1. The van der Waals surface area contributed by atoms with Gasteiger partial charge in [-0.1, -0.05) is 6.92 Å². The first-order chi connectivity index (χ1) is 17.5. The molecule has 3 heterocycles. The molecular formula is C22H20F5N7O3. The minimum atomic E-state index is -5.04. The summed E-state index contributed by atoms with van der Waals surface area (Å²) in [5.41, 5.74) is 3.59. The molecule has 5 rings (SSSR count). The van der Waals surface area contributed by atoms with E-state index in [4.69, 9.17) is 15.6 Å². The first-order valence-electron chi connectivity index (χ1n) is 10.8. The van der Waals surface area contributed by atoms with Gasteiger partial charge in [0.2, 0.25) is 5.91 Å². The molecule has 1 amide bonds. The van der Waals surface area contributed by atoms with Crippen LogP contribution in [0.5, 0.6) is 0 Å². The molecule has 1 fully saturated rings. The second-order valence-electron chi connectivity index (χ2n) is 8.39. The van der Waals surface area contributed by atoms with E-state index < -0.39 is 47.0 Å². The van der Waals surface area contributed by atoms with Gasteiger partial charge in [-0.05, 0) is 18.9 Å². The highest BCUT2D eigenvalue weighted by molar-refractivity contribution is 5.98. The molecule has 10 nitrogen and oxygen atoms in total. The van der Waals surface area contributed by atoms with E-state index in [1.165, 1.54) is 36.1 Å². The molecule has 1 aromatic carbocycles. The number of alkyl halides is 4. The number of nitrogens with two attached hydrogens (primary N) is 1. The molecule has 0 spiro atoms. The van der Waals surface area contributed by atoms with Crippen LogP contribution >= 0.6 is 0 Å². The Morgan fingerprint density at radius 3 is 2.65 bits per heavy atom. The number of fused-ring (bicyclic) bond motifs is 2. The molecule has 1 aliphatic carbocycles. The lowest BCUT2D eigenvalue weighted by molar-refractivity contribution is -0.139. The van der Waals surface area contributed by atoms with E-state index in [0.29, 0.717) is 0 Å². The molecule has 1 aliphatic rings. The average molecular weight is 525 g/mol. The van der Waals surface area contributed by atoms with E-state index in [-0.39, 0.29) is 53.1 Å². The van der Waals surface area contributed by atoms with Crippen molar-refractivity contribution in [1.82, 2.24) is 24.6 Å². The van der Waals surface area contributed by atoms with Crippen molar-refractivity contribution in [2.24, 2.45) is 11.7 Å². The Labute approximate surface area is 204 Å². The third-order valence-electron chi connectivity index (χ3n) is 5.91. The monoisotopic (exact) mass is 525 g/mol. The number of nitrogens with one attached hydrogen (secondary N) is 2. The summed E-state index contributed by atoms with van der Waals surface area (Å²) >= 11 is 0. The Kier molecular flexibility index (Phi) is 6.82. The molecule has 4 aromatic rings. The minimum absolute atomic E-state index is 0.0345. The van der Waals surface area contributed by atoms with Crippen LogP contribution in [0.2, 0.25) is 0 Å². The number of amides is 1. The van der Waals surface area contributed by atoms with Gasteiger partial charge in [0.05, 0.1) is 35.7 Å². The van der Waals surface area contributed by atoms with Gasteiger partial charge in [0, 0.05) is 22.7 Å². The Morgan fingerprint density at radius 2 is 2.05 bits per heavy atom. The summed E-state index contributed by atoms with van der Waals surface area (Å²) in [5, 5.41) is 15.8. The highest BCUT2D eigenvalue weighted by Crippen LogP contribution is 2.45. The average Bonchev–Trinajstić information content (AvgIpc) is 3.19. The largest absolute Gasteiger partial charge is 0.483 e. The smallest absolute Gasteiger partial charge is 0.419 e. The van der Waals surface area contributed by atoms with Crippen molar-refractivity contribution in [2.75, 3.05) is 11.9 Å². The fraction of sp³-hybridized carbons (Fsp3) is 0.318. The number of carbonyl (C=O) groups excluding carboxylic acids is 1. The number of aromatic amines is 1. The fourth-order valence-corrected chi connectivity index (χ4v) is 4.03. The van der Waals surface area contributed by atoms with Gasteiger partial charge < -0.3 is 20.6 Å². The third-order valence-corrected chi connectivity index (χ3v) is 5.91. The van der Waals surface area contributed by atoms with E-state index in [1.54, 1.807) is 0 Å². The number of anilines is 1. The van der Waals surface area contributed by atoms with E-state index >= 15 is 4.39 Å². The number of hydrogen-bond acceptors (Lipinski definition) is 6. The van der Waals surface area contributed by atoms with Crippen LogP contribution in [-0.4, -0.2) is 54.8 Å². The van der Waals surface area contributed by atoms with Gasteiger partial charge in [-0.3, -0.25) is 19.7 Å². The highest BCUT2D eigenvalue weighted by atomic mass is 19.4. The van der Waals surface area contributed by atoms with Crippen LogP contribution in [0.4, 0.5) is 27.8 Å². The summed E-state index contributed by atoms with van der Waals surface area (Å²) in [6.45, 7) is 1.20. The second-order valence-corrected chi connectivity index (χ2v) is 8.39. The topological polar surface area (TPSA) is 151 Å². The zero-order chi connectivity index (χ0) is 27.1. The quantitative estimate of drug-likeness (QED) is 0.230. The van der Waals surface area contributed by atoms with Gasteiger partial charge in [0.25, 0.3) is 6.47 Å². The van der Waals surface area contributed by atoms with Gasteiger partial charge in [-0.2, -0.15) is 18.3 Å². The fourth-order valence-electron chi connectivity index (χ4n) is 4.03. The summed E-state index contributed by atoms with van der Waals surface area (Å²) in [4.78, 5) is 28.5. The number of benzene rings is 1. The molecular weight excluding hydrogens is 505 g/mol. The number of halogens is 5. The van der Waals surface area contributed by atoms with Gasteiger partial charge in [0.15, 0.2) is 11.5 Å². The molecule has 3 atom stereocenters. The van der Waals surface area contributed by atoms with Crippen LogP contribution in [0.3, 0.4) is 0 Å². The standard InChI is InChI=1S/C21H18F5N7O.CH2O2/c1-8(3-27)15-18(23)17(21(24,25)26)16(10-4-29-32-19(10)15)12-6-33-7-13(30-14(33)5-28-12)31-20(34)9-2-11(9)22;2-1-3/h4-9,11H,2-3,27H2,1H3,(H,29,32)(H,31,34);1H,(H,2,3)/t8?,9-,11+;/m1./s1. The Hall–Kier alpha value is -4.14. The second kappa shape index (κ2) is 9.72. The minimum Gasteiger partial charge on any atom is -0.483 e. The number of rotatable bonds is 5. The van der Waals surface area contributed by atoms with Crippen molar-refractivity contribution < 1.29 is 36.6 Å². The molecule has 0 saturated heterocycles. The third kappa shape index (κ3) is 4.81. The van der Waals surface area contributed by atoms with Crippen molar-refractivity contribution in [1.29, 1.82) is 0 Å². The predicted molar refractivity (Wildman–Crippen MR) is 121 cm³/mol. The summed E-state index contributed by atoms with van der Waals surface area (Å²) in [6.07, 6.45) is -1.11. The number of hydrogen-bond donors (Lipinski definition) is 4. The van der Waals surface area contributed by atoms with Crippen molar-refractivity contribution in [3.8, 4) is 11.3 Å². The van der Waals surface area contributed by atoms with Gasteiger partial charge in [-0.15, -0.1) is 0 Å². The van der Waals surface area contributed by atoms with Crippen LogP contribution in [0, 0.1) is 11.7 Å². The molecule has 0 aliphatic heterocycles. The summed E-state index contributed by atoms with van der Waals surface area (Å²) in [5.74, 6) is -3.33. The first-order valence-corrected chi connectivity index (χ1v) is 10.8. The molecule has 37 heavy (non-hydrogen) atoms. The molecule has 5 N–H and O–H groups in total. The van der Waals surface area contributed by atoms with Crippen molar-refractivity contribution in [3.05, 3.63) is 41.7 Å². The van der Waals surface area contributed by atoms with E-state index in [1.807, 2.05) is 0 Å². The number of nitrogens with zero attached hydrogens (tertiary/aromatic N) is 4. The maximum Gasteiger partial charge on any atom is 0.419 e. The molecule has 196 valence electrons. The normalized spacial score (nSPS) is 17.8. The number of aromatic nitrogens is 5. The number of H-pyrrole nitrogens is 1. The first kappa shape index (κ1) is 25.9. The number of imidazole rings is 1. The predicted octanol–water partition coefficient (Wildman–Crippen LogP) is 3.49. The zero-order valence-corrected chi connectivity index (χ0v) is 19.1. The van der Waals surface area contributed by atoms with Gasteiger partial charge in [0.1, 0.15) is 17.6 Å². The van der Waals surface area contributed by atoms with Crippen LogP contribution in [-0.2, 0) is 15.8 Å². The van der Waals surface area contributed by atoms with Crippen LogP contribution < -0.4 is 11.1 Å². The lowest BCUT2D eigenvalue weighted by atomic mass is 9.90. The Balaban J connectivity index is 0.00000102. The SMILES string of the molecule is CC(CN)c1c(F)c(C(F)(F)F)c(-c2cn3cc(NC(=O)[C@@H]4C[C@@H]4F)nc3cn2)c2cn[nH]c12.O=CO. The van der Waals surface area contributed by atoms with Crippen LogP contribution in [0.15, 0.2) is 24.8 Å². The van der Waals surface area contributed by atoms with Crippen molar-refractivity contribution >= 4 is 34.7 Å². The lowest BCUT2D eigenvalue weighted by Gasteiger charge is -2.20. The van der Waals surface area contributed by atoms with Crippen molar-refractivity contribution in [2.45, 2.75) is 31.6 Å². The lowest BCUT2D eigenvalue weighted by Crippen LogP contribution is -2.17. The molecule has 15 heteroatoms. The van der Waals surface area contributed by atoms with Gasteiger partial charge >= 0.3 is 6.18 Å².